The molecule has 2 rings (SSSR count). The Morgan fingerprint density at radius 2 is 2.08 bits per heavy atom. The molecule has 1 heterocycles. The number of halogens is 3. The molecule has 3 N–H and O–H groups in total. The van der Waals surface area contributed by atoms with Crippen molar-refractivity contribution in [1.82, 2.24) is 20.9 Å². The molecule has 1 aromatic carbocycles. The molecule has 1 aromatic heterocycles. The first-order valence-electron chi connectivity index (χ1n) is 6.99. The lowest BCUT2D eigenvalue weighted by atomic mass is 10.1. The maximum atomic E-state index is 12.5. The van der Waals surface area contributed by atoms with Gasteiger partial charge in [-0.1, -0.05) is 29.4 Å². The van der Waals surface area contributed by atoms with Crippen LogP contribution in [-0.4, -0.2) is 23.2 Å². The number of nitrogens with one attached hydrogen (secondary N) is 3. The number of carbonyl (C=O) groups excluding carboxylic acids is 1. The standard InChI is InChI=1S/C14H13F3N6O3/c1-25-23-12(24)10(21-18)7-19-6-8-2-4-9(5-3-8)11-20-13(26-22-11)14(15,16)17/h2-5,7,18-19H,6H2,1H3,(H,23,24)/b10-7-,21-18?. The maximum absolute atomic E-state index is 12.5. The molecular formula is C14H13F3N6O3. The quantitative estimate of drug-likeness (QED) is 0.390. The zero-order chi connectivity index (χ0) is 19.2. The molecule has 0 spiro atoms. The highest BCUT2D eigenvalue weighted by Crippen LogP contribution is 2.29. The van der Waals surface area contributed by atoms with Crippen molar-refractivity contribution >= 4 is 5.91 Å². The Morgan fingerprint density at radius 1 is 1.38 bits per heavy atom. The summed E-state index contributed by atoms with van der Waals surface area (Å²) in [6.07, 6.45) is -3.47. The Morgan fingerprint density at radius 3 is 2.62 bits per heavy atom. The second-order valence-electron chi connectivity index (χ2n) is 4.78. The number of hydrogen-bond acceptors (Lipinski definition) is 8. The van der Waals surface area contributed by atoms with Crippen molar-refractivity contribution in [3.63, 3.8) is 0 Å². The van der Waals surface area contributed by atoms with Crippen molar-refractivity contribution in [3.05, 3.63) is 47.6 Å². The van der Waals surface area contributed by atoms with Crippen molar-refractivity contribution in [2.75, 3.05) is 7.11 Å². The molecule has 0 saturated carbocycles. The minimum Gasteiger partial charge on any atom is -0.385 e. The summed E-state index contributed by atoms with van der Waals surface area (Å²) in [6, 6.07) is 6.32. The fourth-order valence-corrected chi connectivity index (χ4v) is 1.79. The van der Waals surface area contributed by atoms with E-state index in [0.717, 1.165) is 5.56 Å². The van der Waals surface area contributed by atoms with Gasteiger partial charge < -0.3 is 9.84 Å². The molecule has 2 aromatic rings. The van der Waals surface area contributed by atoms with Crippen LogP contribution in [0.15, 0.2) is 45.8 Å². The van der Waals surface area contributed by atoms with E-state index in [1.165, 1.54) is 25.4 Å². The van der Waals surface area contributed by atoms with Crippen LogP contribution in [0.5, 0.6) is 0 Å². The van der Waals surface area contributed by atoms with Crippen molar-refractivity contribution in [1.29, 1.82) is 5.53 Å². The molecule has 0 atom stereocenters. The lowest BCUT2D eigenvalue weighted by Crippen LogP contribution is -2.24. The fourth-order valence-electron chi connectivity index (χ4n) is 1.79. The van der Waals surface area contributed by atoms with E-state index in [1.807, 2.05) is 5.48 Å². The third-order valence-corrected chi connectivity index (χ3v) is 2.97. The topological polar surface area (TPSA) is 125 Å². The van der Waals surface area contributed by atoms with Gasteiger partial charge >= 0.3 is 12.1 Å². The Hall–Kier alpha value is -3.28. The van der Waals surface area contributed by atoms with E-state index in [0.29, 0.717) is 5.56 Å². The summed E-state index contributed by atoms with van der Waals surface area (Å²) in [6.45, 7) is 0.277. The number of hydrogen-bond donors (Lipinski definition) is 3. The monoisotopic (exact) mass is 370 g/mol. The van der Waals surface area contributed by atoms with Gasteiger partial charge in [0.05, 0.1) is 7.11 Å². The minimum absolute atomic E-state index is 0.178. The van der Waals surface area contributed by atoms with Gasteiger partial charge in [0.25, 0.3) is 5.91 Å². The Balaban J connectivity index is 2.00. The van der Waals surface area contributed by atoms with Crippen LogP contribution in [-0.2, 0) is 22.4 Å². The molecule has 1 amide bonds. The van der Waals surface area contributed by atoms with Gasteiger partial charge in [-0.25, -0.2) is 11.0 Å². The van der Waals surface area contributed by atoms with Gasteiger partial charge in [-0.05, 0) is 5.56 Å². The van der Waals surface area contributed by atoms with E-state index in [4.69, 9.17) is 5.53 Å². The van der Waals surface area contributed by atoms with E-state index in [-0.39, 0.29) is 18.1 Å². The van der Waals surface area contributed by atoms with Gasteiger partial charge in [-0.3, -0.25) is 9.63 Å². The average molecular weight is 370 g/mol. The Kier molecular flexibility index (Phi) is 6.01. The van der Waals surface area contributed by atoms with Gasteiger partial charge in [0.1, 0.15) is 0 Å². The smallest absolute Gasteiger partial charge is 0.385 e. The number of nitrogens with zero attached hydrogens (tertiary/aromatic N) is 3. The van der Waals surface area contributed by atoms with Gasteiger partial charge in [0.2, 0.25) is 5.82 Å². The largest absolute Gasteiger partial charge is 0.471 e. The highest BCUT2D eigenvalue weighted by Gasteiger charge is 2.38. The summed E-state index contributed by atoms with van der Waals surface area (Å²) in [7, 11) is 1.25. The number of aromatic nitrogens is 2. The first kappa shape index (κ1) is 19.1. The third-order valence-electron chi connectivity index (χ3n) is 2.97. The molecule has 0 bridgehead atoms. The number of alkyl halides is 3. The van der Waals surface area contributed by atoms with Crippen LogP contribution < -0.4 is 10.8 Å². The van der Waals surface area contributed by atoms with Crippen LogP contribution >= 0.6 is 0 Å². The zero-order valence-electron chi connectivity index (χ0n) is 13.3. The third kappa shape index (κ3) is 4.86. The molecule has 12 heteroatoms. The first-order chi connectivity index (χ1) is 12.3. The van der Waals surface area contributed by atoms with E-state index in [1.54, 1.807) is 12.1 Å². The SMILES string of the molecule is CONC(=O)/C(=C/NCc1ccc(-c2noc(C(F)(F)F)n2)cc1)N=N. The van der Waals surface area contributed by atoms with Gasteiger partial charge in [-0.15, -0.1) is 0 Å². The second kappa shape index (κ2) is 8.20. The summed E-state index contributed by atoms with van der Waals surface area (Å²) in [5, 5.41) is 9.13. The van der Waals surface area contributed by atoms with Crippen molar-refractivity contribution < 1.29 is 27.3 Å². The summed E-state index contributed by atoms with van der Waals surface area (Å²) >= 11 is 0. The van der Waals surface area contributed by atoms with Crippen LogP contribution in [0.3, 0.4) is 0 Å². The lowest BCUT2D eigenvalue weighted by Gasteiger charge is -2.04. The molecule has 0 aliphatic carbocycles. The molecular weight excluding hydrogens is 357 g/mol. The van der Waals surface area contributed by atoms with Gasteiger partial charge in [-0.2, -0.15) is 23.3 Å². The summed E-state index contributed by atoms with van der Waals surface area (Å²) in [4.78, 5) is 19.2. The molecule has 0 aliphatic rings. The predicted octanol–water partition coefficient (Wildman–Crippen LogP) is 2.39. The second-order valence-corrected chi connectivity index (χ2v) is 4.78. The van der Waals surface area contributed by atoms with Gasteiger partial charge in [0.15, 0.2) is 5.70 Å². The molecule has 138 valence electrons. The average Bonchev–Trinajstić information content (AvgIpc) is 3.10. The summed E-state index contributed by atoms with van der Waals surface area (Å²) in [5.41, 5.74) is 9.84. The zero-order valence-corrected chi connectivity index (χ0v) is 13.3. The Labute approximate surface area is 144 Å². The number of rotatable bonds is 7. The van der Waals surface area contributed by atoms with Crippen LogP contribution in [0.25, 0.3) is 11.4 Å². The predicted molar refractivity (Wildman–Crippen MR) is 80.0 cm³/mol. The number of benzene rings is 1. The number of carbonyl (C=O) groups is 1. The molecule has 0 aliphatic heterocycles. The van der Waals surface area contributed by atoms with Crippen LogP contribution in [0.2, 0.25) is 0 Å². The van der Waals surface area contributed by atoms with Crippen molar-refractivity contribution in [3.8, 4) is 11.4 Å². The summed E-state index contributed by atoms with van der Waals surface area (Å²) < 4.78 is 41.5. The highest BCUT2D eigenvalue weighted by molar-refractivity contribution is 5.91. The molecule has 26 heavy (non-hydrogen) atoms. The molecule has 0 radical (unpaired) electrons. The van der Waals surface area contributed by atoms with Crippen LogP contribution in [0.4, 0.5) is 13.2 Å². The van der Waals surface area contributed by atoms with E-state index >= 15 is 0 Å². The van der Waals surface area contributed by atoms with Crippen molar-refractivity contribution in [2.24, 2.45) is 5.11 Å². The molecule has 0 saturated heterocycles. The van der Waals surface area contributed by atoms with E-state index in [9.17, 15) is 18.0 Å². The molecule has 9 nitrogen and oxygen atoms in total. The van der Waals surface area contributed by atoms with E-state index in [2.05, 4.69) is 29.9 Å². The Bertz CT molecular complexity index is 801. The maximum Gasteiger partial charge on any atom is 0.471 e. The first-order valence-corrected chi connectivity index (χ1v) is 6.99. The number of hydroxylamine groups is 1. The van der Waals surface area contributed by atoms with Crippen molar-refractivity contribution in [2.45, 2.75) is 12.7 Å². The normalized spacial score (nSPS) is 11.9. The number of amides is 1. The van der Waals surface area contributed by atoms with Gasteiger partial charge in [0, 0.05) is 18.3 Å². The highest BCUT2D eigenvalue weighted by atomic mass is 19.4. The summed E-state index contributed by atoms with van der Waals surface area (Å²) in [5.74, 6) is -2.28. The fraction of sp³-hybridized carbons (Fsp3) is 0.214. The molecule has 0 fully saturated rings. The lowest BCUT2D eigenvalue weighted by molar-refractivity contribution is -0.159. The van der Waals surface area contributed by atoms with Crippen LogP contribution in [0.1, 0.15) is 11.5 Å². The van der Waals surface area contributed by atoms with Crippen LogP contribution in [0, 0.1) is 5.53 Å². The minimum atomic E-state index is -4.70. The molecule has 0 unspecified atom stereocenters. The van der Waals surface area contributed by atoms with E-state index < -0.39 is 18.0 Å².